The van der Waals surface area contributed by atoms with Gasteiger partial charge in [0.05, 0.1) is 11.8 Å². The third kappa shape index (κ3) is 3.72. The van der Waals surface area contributed by atoms with Gasteiger partial charge in [0.1, 0.15) is 0 Å². The number of aliphatic hydroxyl groups excluding tert-OH is 1. The topological polar surface area (TPSA) is 55.7 Å². The van der Waals surface area contributed by atoms with Crippen molar-refractivity contribution in [2.24, 2.45) is 0 Å². The Kier molecular flexibility index (Phi) is 5.15. The summed E-state index contributed by atoms with van der Waals surface area (Å²) in [4.78, 5) is 6.95. The molecule has 0 saturated carbocycles. The number of β-amino-alcohol motifs (C(OH)–C–C–N with tert-alkyl or cyclic N) is 1. The van der Waals surface area contributed by atoms with Gasteiger partial charge in [-0.25, -0.2) is 0 Å². The summed E-state index contributed by atoms with van der Waals surface area (Å²) in [5.74, 6) is 0.848. The van der Waals surface area contributed by atoms with Crippen molar-refractivity contribution in [3.05, 3.63) is 42.5 Å². The van der Waals surface area contributed by atoms with Gasteiger partial charge in [-0.05, 0) is 25.6 Å². The van der Waals surface area contributed by atoms with Crippen molar-refractivity contribution in [1.82, 2.24) is 20.0 Å². The molecule has 0 amide bonds. The molecular weight excluding hydrogens is 326 g/mol. The molecule has 138 valence electrons. The first kappa shape index (κ1) is 17.4. The van der Waals surface area contributed by atoms with Gasteiger partial charge in [-0.3, -0.25) is 4.90 Å². The van der Waals surface area contributed by atoms with E-state index in [1.54, 1.807) is 0 Å². The fraction of sp³-hybridized carbons (Fsp3) is 0.500. The molecule has 2 aromatic rings. The molecule has 2 atom stereocenters. The van der Waals surface area contributed by atoms with Gasteiger partial charge in [0.15, 0.2) is 5.82 Å². The zero-order valence-electron chi connectivity index (χ0n) is 15.3. The van der Waals surface area contributed by atoms with E-state index in [0.717, 1.165) is 56.2 Å². The Morgan fingerprint density at radius 2 is 1.69 bits per heavy atom. The van der Waals surface area contributed by atoms with Crippen molar-refractivity contribution in [3.8, 4) is 11.3 Å². The van der Waals surface area contributed by atoms with Gasteiger partial charge in [0.25, 0.3) is 0 Å². The quantitative estimate of drug-likeness (QED) is 0.899. The maximum Gasteiger partial charge on any atom is 0.151 e. The molecule has 0 bridgehead atoms. The second-order valence-electron chi connectivity index (χ2n) is 7.35. The van der Waals surface area contributed by atoms with E-state index in [1.165, 1.54) is 0 Å². The van der Waals surface area contributed by atoms with E-state index < -0.39 is 0 Å². The Labute approximate surface area is 155 Å². The highest BCUT2D eigenvalue weighted by Crippen LogP contribution is 2.23. The minimum atomic E-state index is -0.345. The predicted octanol–water partition coefficient (Wildman–Crippen LogP) is 1.33. The molecule has 6 nitrogen and oxygen atoms in total. The van der Waals surface area contributed by atoms with Crippen LogP contribution in [-0.2, 0) is 0 Å². The van der Waals surface area contributed by atoms with Crippen molar-refractivity contribution in [1.29, 1.82) is 0 Å². The van der Waals surface area contributed by atoms with Crippen molar-refractivity contribution in [2.45, 2.75) is 18.6 Å². The Balaban J connectivity index is 1.39. The standard InChI is InChI=1S/C20H27N5O/c1-23-11-13-24(14-12-23)18-9-10-25(15-19(18)26)20-8-7-17(21-22-20)16-5-3-2-4-6-16/h2-8,18-19,26H,9-15H2,1H3/t18-,19-/m1/s1. The lowest BCUT2D eigenvalue weighted by Crippen LogP contribution is -2.58. The molecule has 1 aromatic heterocycles. The molecule has 4 rings (SSSR count). The monoisotopic (exact) mass is 353 g/mol. The predicted molar refractivity (Wildman–Crippen MR) is 103 cm³/mol. The zero-order chi connectivity index (χ0) is 17.9. The fourth-order valence-corrected chi connectivity index (χ4v) is 3.96. The van der Waals surface area contributed by atoms with E-state index in [-0.39, 0.29) is 12.1 Å². The molecule has 2 aliphatic heterocycles. The maximum absolute atomic E-state index is 10.7. The maximum atomic E-state index is 10.7. The van der Waals surface area contributed by atoms with Crippen LogP contribution < -0.4 is 4.90 Å². The van der Waals surface area contributed by atoms with Crippen molar-refractivity contribution < 1.29 is 5.11 Å². The van der Waals surface area contributed by atoms with Gasteiger partial charge in [0.2, 0.25) is 0 Å². The number of hydrogen-bond acceptors (Lipinski definition) is 6. The molecule has 0 unspecified atom stereocenters. The smallest absolute Gasteiger partial charge is 0.151 e. The van der Waals surface area contributed by atoms with Crippen molar-refractivity contribution >= 4 is 5.82 Å². The van der Waals surface area contributed by atoms with E-state index in [0.29, 0.717) is 6.54 Å². The van der Waals surface area contributed by atoms with E-state index >= 15 is 0 Å². The molecule has 1 aromatic carbocycles. The SMILES string of the molecule is CN1CCN([C@@H]2CCN(c3ccc(-c4ccccc4)nn3)C[C@H]2O)CC1. The van der Waals surface area contributed by atoms with Crippen LogP contribution in [0.3, 0.4) is 0 Å². The second kappa shape index (κ2) is 7.70. The Hall–Kier alpha value is -2.02. The highest BCUT2D eigenvalue weighted by molar-refractivity contribution is 5.59. The number of likely N-dealkylation sites (N-methyl/N-ethyl adjacent to an activating group) is 1. The number of nitrogens with zero attached hydrogens (tertiary/aromatic N) is 5. The molecule has 2 aliphatic rings. The summed E-state index contributed by atoms with van der Waals surface area (Å²) in [5.41, 5.74) is 1.95. The Morgan fingerprint density at radius 1 is 0.923 bits per heavy atom. The van der Waals surface area contributed by atoms with Crippen LogP contribution in [0.15, 0.2) is 42.5 Å². The Morgan fingerprint density at radius 3 is 2.35 bits per heavy atom. The Bertz CT molecular complexity index is 700. The average Bonchev–Trinajstić information content (AvgIpc) is 2.70. The van der Waals surface area contributed by atoms with Gasteiger partial charge >= 0.3 is 0 Å². The van der Waals surface area contributed by atoms with Crippen LogP contribution in [0.2, 0.25) is 0 Å². The number of piperazine rings is 1. The summed E-state index contributed by atoms with van der Waals surface area (Å²) in [6.07, 6.45) is 0.621. The molecule has 2 fully saturated rings. The molecular formula is C20H27N5O. The summed E-state index contributed by atoms with van der Waals surface area (Å²) in [6, 6.07) is 14.4. The summed E-state index contributed by atoms with van der Waals surface area (Å²) in [5, 5.41) is 19.5. The second-order valence-corrected chi connectivity index (χ2v) is 7.35. The highest BCUT2D eigenvalue weighted by atomic mass is 16.3. The van der Waals surface area contributed by atoms with Gasteiger partial charge in [-0.15, -0.1) is 10.2 Å². The normalized spacial score (nSPS) is 25.4. The summed E-state index contributed by atoms with van der Waals surface area (Å²) in [7, 11) is 2.16. The summed E-state index contributed by atoms with van der Waals surface area (Å²) >= 11 is 0. The van der Waals surface area contributed by atoms with Crippen LogP contribution in [0.1, 0.15) is 6.42 Å². The number of hydrogen-bond donors (Lipinski definition) is 1. The number of piperidine rings is 1. The molecule has 0 spiro atoms. The number of aromatic nitrogens is 2. The van der Waals surface area contributed by atoms with Gasteiger partial charge in [-0.1, -0.05) is 30.3 Å². The van der Waals surface area contributed by atoms with Crippen LogP contribution in [0.4, 0.5) is 5.82 Å². The van der Waals surface area contributed by atoms with Gasteiger partial charge in [-0.2, -0.15) is 0 Å². The van der Waals surface area contributed by atoms with E-state index in [1.807, 2.05) is 42.5 Å². The lowest BCUT2D eigenvalue weighted by atomic mass is 9.99. The molecule has 3 heterocycles. The minimum Gasteiger partial charge on any atom is -0.390 e. The molecule has 0 radical (unpaired) electrons. The third-order valence-electron chi connectivity index (χ3n) is 5.60. The van der Waals surface area contributed by atoms with Gasteiger partial charge < -0.3 is 14.9 Å². The lowest BCUT2D eigenvalue weighted by molar-refractivity contribution is 0.0138. The molecule has 0 aliphatic carbocycles. The number of aliphatic hydroxyl groups is 1. The molecule has 26 heavy (non-hydrogen) atoms. The largest absolute Gasteiger partial charge is 0.390 e. The first-order chi connectivity index (χ1) is 12.7. The number of rotatable bonds is 3. The van der Waals surface area contributed by atoms with Crippen LogP contribution in [-0.4, -0.2) is 83.6 Å². The van der Waals surface area contributed by atoms with Gasteiger partial charge in [0, 0.05) is 50.9 Å². The summed E-state index contributed by atoms with van der Waals surface area (Å²) < 4.78 is 0. The number of benzene rings is 1. The minimum absolute atomic E-state index is 0.261. The summed E-state index contributed by atoms with van der Waals surface area (Å²) in [6.45, 7) is 5.79. The molecule has 2 saturated heterocycles. The lowest BCUT2D eigenvalue weighted by Gasteiger charge is -2.44. The average molecular weight is 353 g/mol. The molecule has 1 N–H and O–H groups in total. The van der Waals surface area contributed by atoms with Crippen molar-refractivity contribution in [3.63, 3.8) is 0 Å². The van der Waals surface area contributed by atoms with Crippen LogP contribution in [0, 0.1) is 0 Å². The van der Waals surface area contributed by atoms with E-state index in [9.17, 15) is 5.11 Å². The van der Waals surface area contributed by atoms with Crippen molar-refractivity contribution in [2.75, 3.05) is 51.2 Å². The highest BCUT2D eigenvalue weighted by Gasteiger charge is 2.33. The first-order valence-electron chi connectivity index (χ1n) is 9.45. The van der Waals surface area contributed by atoms with E-state index in [4.69, 9.17) is 0 Å². The van der Waals surface area contributed by atoms with Crippen LogP contribution >= 0.6 is 0 Å². The van der Waals surface area contributed by atoms with E-state index in [2.05, 4.69) is 31.9 Å². The molecule has 6 heteroatoms. The van der Waals surface area contributed by atoms with Crippen LogP contribution in [0.5, 0.6) is 0 Å². The van der Waals surface area contributed by atoms with Crippen LogP contribution in [0.25, 0.3) is 11.3 Å². The fourth-order valence-electron chi connectivity index (χ4n) is 3.96. The zero-order valence-corrected chi connectivity index (χ0v) is 15.3. The number of anilines is 1. The first-order valence-corrected chi connectivity index (χ1v) is 9.45. The third-order valence-corrected chi connectivity index (χ3v) is 5.60.